The minimum atomic E-state index is 0. The molecule has 0 amide bonds. The molecular formula is C10H8LiO. The van der Waals surface area contributed by atoms with Gasteiger partial charge in [0.05, 0.1) is 0 Å². The van der Waals surface area contributed by atoms with E-state index in [0.29, 0.717) is 0 Å². The third-order valence-electron chi connectivity index (χ3n) is 1.72. The zero-order valence-corrected chi connectivity index (χ0v) is 5.95. The van der Waals surface area contributed by atoms with Crippen molar-refractivity contribution in [1.29, 1.82) is 0 Å². The predicted octanol–water partition coefficient (Wildman–Crippen LogP) is 2.34. The summed E-state index contributed by atoms with van der Waals surface area (Å²) in [5, 5.41) is 13.0. The molecule has 2 rings (SSSR count). The van der Waals surface area contributed by atoms with Gasteiger partial charge in [0.25, 0.3) is 0 Å². The van der Waals surface area contributed by atoms with Crippen LogP contribution in [0.5, 0.6) is 5.75 Å². The first-order chi connectivity index (χ1) is 5.36. The molecule has 2 aromatic rings. The summed E-state index contributed by atoms with van der Waals surface area (Å²) in [6.45, 7) is 0. The maximum atomic E-state index is 10.9. The van der Waals surface area contributed by atoms with Crippen molar-refractivity contribution in [2.75, 3.05) is 0 Å². The molecule has 0 unspecified atom stereocenters. The predicted molar refractivity (Wildman–Crippen MR) is 51.2 cm³/mol. The number of hydrogen-bond donors (Lipinski definition) is 0. The molecule has 0 bridgehead atoms. The van der Waals surface area contributed by atoms with E-state index in [1.165, 1.54) is 0 Å². The number of rotatable bonds is 0. The van der Waals surface area contributed by atoms with Crippen LogP contribution in [-0.4, -0.2) is 18.9 Å². The standard InChI is InChI=1S/C10H7O.Li.H/c11-10-6-5-8-3-1-2-4-9(8)7-10;;/h1-7H;;. The summed E-state index contributed by atoms with van der Waals surface area (Å²) in [7, 11) is 0. The zero-order valence-electron chi connectivity index (χ0n) is 5.95. The van der Waals surface area contributed by atoms with E-state index < -0.39 is 0 Å². The SMILES string of the molecule is [LiH].[O]c1ccc2ccccc2c1. The molecule has 0 atom stereocenters. The molecule has 55 valence electrons. The second-order valence-corrected chi connectivity index (χ2v) is 2.51. The van der Waals surface area contributed by atoms with Gasteiger partial charge in [0.15, 0.2) is 5.75 Å². The summed E-state index contributed by atoms with van der Waals surface area (Å²) in [6.07, 6.45) is 0. The third-order valence-corrected chi connectivity index (χ3v) is 1.72. The van der Waals surface area contributed by atoms with Crippen LogP contribution < -0.4 is 0 Å². The molecule has 0 aliphatic rings. The van der Waals surface area contributed by atoms with Gasteiger partial charge in [0, 0.05) is 0 Å². The minimum Gasteiger partial charge on any atom is -0.290 e. The van der Waals surface area contributed by atoms with Crippen LogP contribution in [0.3, 0.4) is 0 Å². The Morgan fingerprint density at radius 1 is 0.833 bits per heavy atom. The van der Waals surface area contributed by atoms with Gasteiger partial charge < -0.3 is 0 Å². The maximum Gasteiger partial charge on any atom is 0.179 e. The van der Waals surface area contributed by atoms with Gasteiger partial charge in [-0.1, -0.05) is 30.3 Å². The molecule has 0 fully saturated rings. The van der Waals surface area contributed by atoms with Gasteiger partial charge in [-0.05, 0) is 22.9 Å². The molecule has 0 aliphatic heterocycles. The number of hydrogen-bond acceptors (Lipinski definition) is 0. The Hall–Kier alpha value is -0.903. The quantitative estimate of drug-likeness (QED) is 0.515. The van der Waals surface area contributed by atoms with Crippen molar-refractivity contribution < 1.29 is 5.11 Å². The summed E-state index contributed by atoms with van der Waals surface area (Å²) in [6, 6.07) is 12.9. The summed E-state index contributed by atoms with van der Waals surface area (Å²) >= 11 is 0. The van der Waals surface area contributed by atoms with Gasteiger partial charge in [0.1, 0.15) is 0 Å². The molecule has 0 spiro atoms. The Bertz CT molecular complexity index is 384. The van der Waals surface area contributed by atoms with Crippen LogP contribution in [0, 0.1) is 0 Å². The van der Waals surface area contributed by atoms with Crippen LogP contribution in [0.15, 0.2) is 42.5 Å². The molecule has 0 aliphatic carbocycles. The molecule has 1 nitrogen and oxygen atoms in total. The first-order valence-electron chi connectivity index (χ1n) is 3.52. The fourth-order valence-electron chi connectivity index (χ4n) is 1.17. The van der Waals surface area contributed by atoms with Gasteiger partial charge in [-0.2, -0.15) is 0 Å². The van der Waals surface area contributed by atoms with E-state index in [4.69, 9.17) is 0 Å². The second kappa shape index (κ2) is 3.67. The van der Waals surface area contributed by atoms with Gasteiger partial charge in [-0.3, -0.25) is 5.11 Å². The molecule has 12 heavy (non-hydrogen) atoms. The molecule has 0 saturated heterocycles. The van der Waals surface area contributed by atoms with Gasteiger partial charge >= 0.3 is 18.9 Å². The molecule has 0 saturated carbocycles. The minimum absolute atomic E-state index is 0. The second-order valence-electron chi connectivity index (χ2n) is 2.51. The largest absolute Gasteiger partial charge is 0.290 e. The van der Waals surface area contributed by atoms with Gasteiger partial charge in [-0.15, -0.1) is 0 Å². The monoisotopic (exact) mass is 151 g/mol. The van der Waals surface area contributed by atoms with E-state index in [-0.39, 0.29) is 24.6 Å². The normalized spacial score (nSPS) is 9.33. The maximum absolute atomic E-state index is 10.9. The first-order valence-corrected chi connectivity index (χ1v) is 3.52. The number of fused-ring (bicyclic) bond motifs is 1. The van der Waals surface area contributed by atoms with E-state index in [9.17, 15) is 5.11 Å². The first kappa shape index (κ1) is 9.19. The number of benzene rings is 2. The van der Waals surface area contributed by atoms with E-state index >= 15 is 0 Å². The van der Waals surface area contributed by atoms with Crippen molar-refractivity contribution in [1.82, 2.24) is 0 Å². The van der Waals surface area contributed by atoms with Crippen molar-refractivity contribution in [3.8, 4) is 5.75 Å². The summed E-state index contributed by atoms with van der Waals surface area (Å²) < 4.78 is 0. The Balaban J connectivity index is 0.000000720. The summed E-state index contributed by atoms with van der Waals surface area (Å²) in [5.41, 5.74) is 0. The fourth-order valence-corrected chi connectivity index (χ4v) is 1.17. The molecule has 2 heteroatoms. The molecule has 2 aromatic carbocycles. The summed E-state index contributed by atoms with van der Waals surface area (Å²) in [5.74, 6) is 0.0729. The van der Waals surface area contributed by atoms with Crippen molar-refractivity contribution in [2.45, 2.75) is 0 Å². The van der Waals surface area contributed by atoms with E-state index in [2.05, 4.69) is 0 Å². The topological polar surface area (TPSA) is 19.9 Å². The van der Waals surface area contributed by atoms with E-state index in [0.717, 1.165) is 10.8 Å². The smallest absolute Gasteiger partial charge is 0.179 e. The molecular weight excluding hydrogens is 143 g/mol. The van der Waals surface area contributed by atoms with Crippen LogP contribution in [0.4, 0.5) is 0 Å². The van der Waals surface area contributed by atoms with Crippen LogP contribution in [-0.2, 0) is 5.11 Å². The van der Waals surface area contributed by atoms with Crippen molar-refractivity contribution in [2.24, 2.45) is 0 Å². The van der Waals surface area contributed by atoms with Crippen LogP contribution >= 0.6 is 0 Å². The Morgan fingerprint density at radius 3 is 2.25 bits per heavy atom. The van der Waals surface area contributed by atoms with Crippen molar-refractivity contribution in [3.63, 3.8) is 0 Å². The van der Waals surface area contributed by atoms with E-state index in [1.807, 2.05) is 30.3 Å². The van der Waals surface area contributed by atoms with Gasteiger partial charge in [-0.25, -0.2) is 0 Å². The van der Waals surface area contributed by atoms with E-state index in [1.54, 1.807) is 12.1 Å². The van der Waals surface area contributed by atoms with Crippen molar-refractivity contribution in [3.05, 3.63) is 42.5 Å². The Labute approximate surface area is 83.2 Å². The van der Waals surface area contributed by atoms with Crippen molar-refractivity contribution >= 4 is 29.6 Å². The molecule has 1 radical (unpaired) electrons. The van der Waals surface area contributed by atoms with Gasteiger partial charge in [0.2, 0.25) is 0 Å². The average molecular weight is 151 g/mol. The fraction of sp³-hybridized carbons (Fsp3) is 0. The zero-order chi connectivity index (χ0) is 7.68. The van der Waals surface area contributed by atoms with Crippen LogP contribution in [0.1, 0.15) is 0 Å². The van der Waals surface area contributed by atoms with Crippen LogP contribution in [0.25, 0.3) is 10.8 Å². The molecule has 0 aromatic heterocycles. The van der Waals surface area contributed by atoms with Crippen LogP contribution in [0.2, 0.25) is 0 Å². The average Bonchev–Trinajstić information content (AvgIpc) is 2.04. The third kappa shape index (κ3) is 1.64. The molecule has 0 heterocycles. The summed E-state index contributed by atoms with van der Waals surface area (Å²) in [4.78, 5) is 0. The molecule has 0 N–H and O–H groups in total. The Morgan fingerprint density at radius 2 is 1.50 bits per heavy atom. The Kier molecular flexibility index (Phi) is 2.81.